The van der Waals surface area contributed by atoms with Crippen LogP contribution in [0.25, 0.3) is 0 Å². The highest BCUT2D eigenvalue weighted by Gasteiger charge is 2.42. The summed E-state index contributed by atoms with van der Waals surface area (Å²) in [5, 5.41) is 3.38. The summed E-state index contributed by atoms with van der Waals surface area (Å²) in [6.07, 6.45) is 5.21. The first kappa shape index (κ1) is 30.5. The predicted molar refractivity (Wildman–Crippen MR) is 169 cm³/mol. The van der Waals surface area contributed by atoms with E-state index in [-0.39, 0.29) is 29.7 Å². The first-order valence-corrected chi connectivity index (χ1v) is 16.5. The largest absolute Gasteiger partial charge is 0.349 e. The molecule has 2 aromatic rings. The van der Waals surface area contributed by atoms with Crippen LogP contribution in [0.1, 0.15) is 72.4 Å². The van der Waals surface area contributed by atoms with Gasteiger partial charge in [-0.05, 0) is 50.5 Å². The molecule has 3 amide bonds. The van der Waals surface area contributed by atoms with Crippen molar-refractivity contribution in [1.29, 1.82) is 0 Å². The number of hydrogen-bond donors (Lipinski definition) is 1. The fraction of sp³-hybridized carbons (Fsp3) is 0.618. The van der Waals surface area contributed by atoms with Crippen molar-refractivity contribution in [2.75, 3.05) is 63.8 Å². The highest BCUT2D eigenvalue weighted by atomic mass is 16.2. The SMILES string of the molecule is CC(=O)N1CCN(c2nc(C)c(C(=O)N3CC4CN(CC[C@H](NC(=O)C5CCCC5)c5ccccc5)CC4C3)c(C)n2)CC1. The van der Waals surface area contributed by atoms with Gasteiger partial charge in [0, 0.05) is 71.7 Å². The Morgan fingerprint density at radius 1 is 0.864 bits per heavy atom. The first-order chi connectivity index (χ1) is 21.3. The van der Waals surface area contributed by atoms with Crippen LogP contribution in [0.4, 0.5) is 5.95 Å². The van der Waals surface area contributed by atoms with Gasteiger partial charge in [-0.2, -0.15) is 0 Å². The van der Waals surface area contributed by atoms with Gasteiger partial charge in [-0.25, -0.2) is 9.97 Å². The number of amides is 3. The maximum atomic E-state index is 13.7. The van der Waals surface area contributed by atoms with E-state index in [2.05, 4.69) is 39.4 Å². The van der Waals surface area contributed by atoms with Gasteiger partial charge in [0.25, 0.3) is 5.91 Å². The zero-order valence-electron chi connectivity index (χ0n) is 26.5. The first-order valence-electron chi connectivity index (χ1n) is 16.5. The number of hydrogen-bond acceptors (Lipinski definition) is 7. The second-order valence-corrected chi connectivity index (χ2v) is 13.3. The third kappa shape index (κ3) is 6.60. The number of benzene rings is 1. The number of nitrogens with one attached hydrogen (secondary N) is 1. The van der Waals surface area contributed by atoms with Gasteiger partial charge in [0.15, 0.2) is 0 Å². The van der Waals surface area contributed by atoms with E-state index in [9.17, 15) is 14.4 Å². The molecule has 44 heavy (non-hydrogen) atoms. The van der Waals surface area contributed by atoms with Crippen molar-refractivity contribution in [2.45, 2.75) is 58.9 Å². The molecule has 10 nitrogen and oxygen atoms in total. The molecule has 1 saturated carbocycles. The lowest BCUT2D eigenvalue weighted by atomic mass is 10.0. The highest BCUT2D eigenvalue weighted by Crippen LogP contribution is 2.34. The molecule has 3 aliphatic heterocycles. The molecule has 10 heteroatoms. The van der Waals surface area contributed by atoms with Crippen LogP contribution in [0.2, 0.25) is 0 Å². The molecular formula is C34H47N7O3. The average molecular weight is 602 g/mol. The molecule has 3 saturated heterocycles. The average Bonchev–Trinajstić information content (AvgIpc) is 3.77. The maximum Gasteiger partial charge on any atom is 0.257 e. The summed E-state index contributed by atoms with van der Waals surface area (Å²) >= 11 is 0. The van der Waals surface area contributed by atoms with E-state index < -0.39 is 0 Å². The quantitative estimate of drug-likeness (QED) is 0.496. The van der Waals surface area contributed by atoms with Crippen LogP contribution in [0, 0.1) is 31.6 Å². The van der Waals surface area contributed by atoms with Crippen molar-refractivity contribution >= 4 is 23.7 Å². The van der Waals surface area contributed by atoms with Gasteiger partial charge in [0.2, 0.25) is 17.8 Å². The Morgan fingerprint density at radius 2 is 1.48 bits per heavy atom. The van der Waals surface area contributed by atoms with E-state index in [1.54, 1.807) is 6.92 Å². The monoisotopic (exact) mass is 601 g/mol. The molecule has 0 bridgehead atoms. The van der Waals surface area contributed by atoms with Crippen molar-refractivity contribution in [3.8, 4) is 0 Å². The molecule has 4 fully saturated rings. The summed E-state index contributed by atoms with van der Waals surface area (Å²) in [5.74, 6) is 2.06. The zero-order valence-corrected chi connectivity index (χ0v) is 26.5. The molecule has 4 heterocycles. The number of aromatic nitrogens is 2. The second-order valence-electron chi connectivity index (χ2n) is 13.3. The summed E-state index contributed by atoms with van der Waals surface area (Å²) in [6, 6.07) is 10.4. The Morgan fingerprint density at radius 3 is 2.07 bits per heavy atom. The zero-order chi connectivity index (χ0) is 30.8. The number of aryl methyl sites for hydroxylation is 2. The highest BCUT2D eigenvalue weighted by molar-refractivity contribution is 5.96. The number of anilines is 1. The molecule has 2 unspecified atom stereocenters. The maximum absolute atomic E-state index is 13.7. The van der Waals surface area contributed by atoms with Gasteiger partial charge in [-0.15, -0.1) is 0 Å². The standard InChI is InChI=1S/C34H47N7O3/c1-23-31(24(2)36-34(35-23)40-17-15-39(16-18-40)25(3)42)33(44)41-21-28-19-38(20-29(28)22-41)14-13-30(26-9-5-4-6-10-26)37-32(43)27-11-7-8-12-27/h4-6,9-10,27-30H,7-8,11-22H2,1-3H3,(H,37,43)/t28?,29?,30-/m0/s1. The Balaban J connectivity index is 1.03. The van der Waals surface area contributed by atoms with Gasteiger partial charge in [0.1, 0.15) is 0 Å². The van der Waals surface area contributed by atoms with Crippen LogP contribution < -0.4 is 10.2 Å². The van der Waals surface area contributed by atoms with Crippen LogP contribution in [0.5, 0.6) is 0 Å². The van der Waals surface area contributed by atoms with Crippen molar-refractivity contribution in [1.82, 2.24) is 30.0 Å². The van der Waals surface area contributed by atoms with E-state index in [0.29, 0.717) is 49.5 Å². The fourth-order valence-corrected chi connectivity index (χ4v) is 7.76. The number of rotatable bonds is 8. The van der Waals surface area contributed by atoms with Crippen molar-refractivity contribution in [3.05, 3.63) is 52.8 Å². The summed E-state index contributed by atoms with van der Waals surface area (Å²) in [4.78, 5) is 56.4. The fourth-order valence-electron chi connectivity index (χ4n) is 7.76. The van der Waals surface area contributed by atoms with Gasteiger partial charge >= 0.3 is 0 Å². The molecule has 1 aliphatic carbocycles. The van der Waals surface area contributed by atoms with Crippen molar-refractivity contribution in [3.63, 3.8) is 0 Å². The summed E-state index contributed by atoms with van der Waals surface area (Å²) in [6.45, 7) is 12.5. The number of nitrogens with zero attached hydrogens (tertiary/aromatic N) is 6. The van der Waals surface area contributed by atoms with E-state index >= 15 is 0 Å². The van der Waals surface area contributed by atoms with Gasteiger partial charge in [-0.3, -0.25) is 14.4 Å². The molecule has 1 aromatic carbocycles. The molecule has 236 valence electrons. The Hall–Kier alpha value is -3.53. The summed E-state index contributed by atoms with van der Waals surface area (Å²) in [5.41, 5.74) is 3.23. The number of fused-ring (bicyclic) bond motifs is 1. The minimum Gasteiger partial charge on any atom is -0.349 e. The van der Waals surface area contributed by atoms with Gasteiger partial charge < -0.3 is 24.9 Å². The Labute approximate surface area is 261 Å². The topological polar surface area (TPSA) is 102 Å². The van der Waals surface area contributed by atoms with Crippen LogP contribution in [-0.2, 0) is 9.59 Å². The van der Waals surface area contributed by atoms with E-state index in [0.717, 1.165) is 76.2 Å². The van der Waals surface area contributed by atoms with Crippen LogP contribution in [-0.4, -0.2) is 101 Å². The Bertz CT molecular complexity index is 1320. The third-order valence-corrected chi connectivity index (χ3v) is 10.3. The second kappa shape index (κ2) is 13.2. The lowest BCUT2D eigenvalue weighted by Gasteiger charge is -2.34. The van der Waals surface area contributed by atoms with Crippen molar-refractivity contribution < 1.29 is 14.4 Å². The van der Waals surface area contributed by atoms with E-state index in [1.807, 2.05) is 29.7 Å². The molecule has 0 spiro atoms. The number of carbonyl (C=O) groups excluding carboxylic acids is 3. The molecule has 4 aliphatic rings. The minimum absolute atomic E-state index is 0.0229. The van der Waals surface area contributed by atoms with Crippen LogP contribution >= 0.6 is 0 Å². The van der Waals surface area contributed by atoms with Gasteiger partial charge in [-0.1, -0.05) is 43.2 Å². The molecule has 6 rings (SSSR count). The molecule has 0 radical (unpaired) electrons. The number of carbonyl (C=O) groups is 3. The lowest BCUT2D eigenvalue weighted by Crippen LogP contribution is -2.48. The molecule has 3 atom stereocenters. The van der Waals surface area contributed by atoms with Crippen LogP contribution in [0.15, 0.2) is 30.3 Å². The van der Waals surface area contributed by atoms with E-state index in [4.69, 9.17) is 9.97 Å². The lowest BCUT2D eigenvalue weighted by molar-refractivity contribution is -0.129. The molecule has 1 N–H and O–H groups in total. The number of piperazine rings is 1. The number of likely N-dealkylation sites (tertiary alicyclic amines) is 2. The van der Waals surface area contributed by atoms with Crippen LogP contribution in [0.3, 0.4) is 0 Å². The van der Waals surface area contributed by atoms with Gasteiger partial charge in [0.05, 0.1) is 23.0 Å². The minimum atomic E-state index is 0.0229. The normalized spacial score (nSPS) is 23.2. The predicted octanol–water partition coefficient (Wildman–Crippen LogP) is 3.20. The van der Waals surface area contributed by atoms with Crippen molar-refractivity contribution in [2.24, 2.45) is 17.8 Å². The summed E-state index contributed by atoms with van der Waals surface area (Å²) < 4.78 is 0. The van der Waals surface area contributed by atoms with E-state index in [1.165, 1.54) is 5.56 Å². The smallest absolute Gasteiger partial charge is 0.257 e. The third-order valence-electron chi connectivity index (χ3n) is 10.3. The summed E-state index contributed by atoms with van der Waals surface area (Å²) in [7, 11) is 0. The molecular weight excluding hydrogens is 554 g/mol. The Kier molecular flexibility index (Phi) is 9.16. The molecule has 1 aromatic heterocycles.